The number of rotatable bonds is 8. The monoisotopic (exact) mass is 473 g/mol. The fourth-order valence-electron chi connectivity index (χ4n) is 3.20. The van der Waals surface area contributed by atoms with E-state index < -0.39 is 0 Å². The first-order valence-corrected chi connectivity index (χ1v) is 9.22. The molecule has 1 saturated heterocycles. The Hall–Kier alpha value is -1.35. The van der Waals surface area contributed by atoms with E-state index in [2.05, 4.69) is 44.9 Å². The molecular formula is C19H32IN5O. The summed E-state index contributed by atoms with van der Waals surface area (Å²) in [5.41, 5.74) is 1.23. The minimum atomic E-state index is -0.0186. The SMILES string of the molecule is CCN1CCCC1CNC(=NC)NCC(=O)NCCc1ccccc1.I. The van der Waals surface area contributed by atoms with Gasteiger partial charge in [-0.2, -0.15) is 0 Å². The number of benzene rings is 1. The van der Waals surface area contributed by atoms with Crippen LogP contribution < -0.4 is 16.0 Å². The molecule has 1 aromatic rings. The van der Waals surface area contributed by atoms with Crippen molar-refractivity contribution < 1.29 is 4.79 Å². The van der Waals surface area contributed by atoms with Gasteiger partial charge in [0.05, 0.1) is 6.54 Å². The highest BCUT2D eigenvalue weighted by molar-refractivity contribution is 14.0. The second-order valence-corrected chi connectivity index (χ2v) is 6.32. The molecule has 0 spiro atoms. The van der Waals surface area contributed by atoms with Crippen molar-refractivity contribution in [1.29, 1.82) is 0 Å². The van der Waals surface area contributed by atoms with Crippen LogP contribution in [0.1, 0.15) is 25.3 Å². The van der Waals surface area contributed by atoms with Crippen molar-refractivity contribution in [2.75, 3.05) is 39.8 Å². The van der Waals surface area contributed by atoms with Crippen molar-refractivity contribution in [2.45, 2.75) is 32.2 Å². The molecule has 3 N–H and O–H groups in total. The molecular weight excluding hydrogens is 441 g/mol. The Labute approximate surface area is 174 Å². The van der Waals surface area contributed by atoms with Crippen LogP contribution in [0.25, 0.3) is 0 Å². The van der Waals surface area contributed by atoms with Gasteiger partial charge in [0, 0.05) is 26.2 Å². The first kappa shape index (κ1) is 22.7. The molecule has 1 aromatic carbocycles. The molecule has 1 amide bonds. The topological polar surface area (TPSA) is 68.8 Å². The number of likely N-dealkylation sites (tertiary alicyclic amines) is 1. The van der Waals surface area contributed by atoms with Crippen molar-refractivity contribution in [3.8, 4) is 0 Å². The summed E-state index contributed by atoms with van der Waals surface area (Å²) in [6, 6.07) is 10.7. The number of halogens is 1. The minimum absolute atomic E-state index is 0. The number of likely N-dealkylation sites (N-methyl/N-ethyl adjacent to an activating group) is 1. The number of hydrogen-bond acceptors (Lipinski definition) is 3. The van der Waals surface area contributed by atoms with E-state index in [1.165, 1.54) is 24.9 Å². The van der Waals surface area contributed by atoms with Crippen molar-refractivity contribution in [3.63, 3.8) is 0 Å². The Morgan fingerprint density at radius 2 is 2.00 bits per heavy atom. The van der Waals surface area contributed by atoms with E-state index >= 15 is 0 Å². The van der Waals surface area contributed by atoms with Gasteiger partial charge >= 0.3 is 0 Å². The fourth-order valence-corrected chi connectivity index (χ4v) is 3.20. The zero-order valence-corrected chi connectivity index (χ0v) is 18.2. The van der Waals surface area contributed by atoms with Crippen LogP contribution in [0.2, 0.25) is 0 Å². The average molecular weight is 473 g/mol. The standard InChI is InChI=1S/C19H31N5O.HI/c1-3-24-13-7-10-17(24)14-22-19(20-2)23-15-18(25)21-12-11-16-8-5-4-6-9-16;/h4-6,8-9,17H,3,7,10-15H2,1-2H3,(H,21,25)(H2,20,22,23);1H. The number of hydrogen-bond donors (Lipinski definition) is 3. The molecule has 146 valence electrons. The lowest BCUT2D eigenvalue weighted by Gasteiger charge is -2.23. The van der Waals surface area contributed by atoms with Gasteiger partial charge in [-0.3, -0.25) is 14.7 Å². The number of guanidine groups is 1. The summed E-state index contributed by atoms with van der Waals surface area (Å²) >= 11 is 0. The van der Waals surface area contributed by atoms with Crippen LogP contribution in [0.15, 0.2) is 35.3 Å². The summed E-state index contributed by atoms with van der Waals surface area (Å²) in [5, 5.41) is 9.34. The number of nitrogens with one attached hydrogen (secondary N) is 3. The van der Waals surface area contributed by atoms with Crippen molar-refractivity contribution in [2.24, 2.45) is 4.99 Å². The molecule has 1 fully saturated rings. The number of carbonyl (C=O) groups excluding carboxylic acids is 1. The van der Waals surface area contributed by atoms with Gasteiger partial charge in [0.15, 0.2) is 5.96 Å². The van der Waals surface area contributed by atoms with E-state index in [-0.39, 0.29) is 36.4 Å². The van der Waals surface area contributed by atoms with Gasteiger partial charge in [-0.05, 0) is 37.9 Å². The van der Waals surface area contributed by atoms with Crippen LogP contribution in [0, 0.1) is 0 Å². The van der Waals surface area contributed by atoms with E-state index in [4.69, 9.17) is 0 Å². The lowest BCUT2D eigenvalue weighted by Crippen LogP contribution is -2.47. The molecule has 0 aliphatic carbocycles. The van der Waals surface area contributed by atoms with Crippen molar-refractivity contribution in [3.05, 3.63) is 35.9 Å². The molecule has 1 atom stereocenters. The van der Waals surface area contributed by atoms with E-state index in [0.717, 1.165) is 19.5 Å². The number of nitrogens with zero attached hydrogens (tertiary/aromatic N) is 2. The van der Waals surface area contributed by atoms with Crippen LogP contribution >= 0.6 is 24.0 Å². The summed E-state index contributed by atoms with van der Waals surface area (Å²) in [7, 11) is 1.73. The second kappa shape index (κ2) is 12.9. The molecule has 0 bridgehead atoms. The Morgan fingerprint density at radius 1 is 1.23 bits per heavy atom. The highest BCUT2D eigenvalue weighted by atomic mass is 127. The lowest BCUT2D eigenvalue weighted by molar-refractivity contribution is -0.119. The molecule has 2 rings (SSSR count). The Bertz CT molecular complexity index is 552. The van der Waals surface area contributed by atoms with Gasteiger partial charge in [0.1, 0.15) is 0 Å². The van der Waals surface area contributed by atoms with E-state index in [0.29, 0.717) is 18.5 Å². The maximum absolute atomic E-state index is 11.9. The zero-order chi connectivity index (χ0) is 17.9. The predicted molar refractivity (Wildman–Crippen MR) is 118 cm³/mol. The first-order valence-electron chi connectivity index (χ1n) is 9.22. The Kier molecular flexibility index (Phi) is 11.3. The molecule has 1 aliphatic rings. The predicted octanol–water partition coefficient (Wildman–Crippen LogP) is 1.61. The smallest absolute Gasteiger partial charge is 0.239 e. The number of amides is 1. The summed E-state index contributed by atoms with van der Waals surface area (Å²) in [6.45, 7) is 6.20. The van der Waals surface area contributed by atoms with Gasteiger partial charge < -0.3 is 16.0 Å². The minimum Gasteiger partial charge on any atom is -0.355 e. The summed E-state index contributed by atoms with van der Waals surface area (Å²) in [4.78, 5) is 18.6. The highest BCUT2D eigenvalue weighted by Gasteiger charge is 2.22. The third-order valence-electron chi connectivity index (χ3n) is 4.63. The largest absolute Gasteiger partial charge is 0.355 e. The van der Waals surface area contributed by atoms with E-state index in [9.17, 15) is 4.79 Å². The Morgan fingerprint density at radius 3 is 2.69 bits per heavy atom. The number of carbonyl (C=O) groups is 1. The molecule has 26 heavy (non-hydrogen) atoms. The third kappa shape index (κ3) is 7.90. The van der Waals surface area contributed by atoms with E-state index in [1.54, 1.807) is 7.05 Å². The average Bonchev–Trinajstić information content (AvgIpc) is 3.10. The third-order valence-corrected chi connectivity index (χ3v) is 4.63. The fraction of sp³-hybridized carbons (Fsp3) is 0.579. The zero-order valence-electron chi connectivity index (χ0n) is 15.8. The molecule has 0 saturated carbocycles. The van der Waals surface area contributed by atoms with Crippen LogP contribution in [0.3, 0.4) is 0 Å². The quantitative estimate of drug-likeness (QED) is 0.305. The summed E-state index contributed by atoms with van der Waals surface area (Å²) < 4.78 is 0. The maximum atomic E-state index is 11.9. The van der Waals surface area contributed by atoms with Gasteiger partial charge in [0.2, 0.25) is 5.91 Å². The number of aliphatic imine (C=N–C) groups is 1. The molecule has 1 unspecified atom stereocenters. The van der Waals surface area contributed by atoms with Crippen molar-refractivity contribution >= 4 is 35.8 Å². The summed E-state index contributed by atoms with van der Waals surface area (Å²) in [5.74, 6) is 0.663. The van der Waals surface area contributed by atoms with Crippen LogP contribution in [0.4, 0.5) is 0 Å². The van der Waals surface area contributed by atoms with Crippen LogP contribution in [0.5, 0.6) is 0 Å². The van der Waals surface area contributed by atoms with Gasteiger partial charge in [0.25, 0.3) is 0 Å². The second-order valence-electron chi connectivity index (χ2n) is 6.32. The molecule has 7 heteroatoms. The molecule has 0 radical (unpaired) electrons. The highest BCUT2D eigenvalue weighted by Crippen LogP contribution is 2.15. The van der Waals surface area contributed by atoms with Crippen LogP contribution in [-0.4, -0.2) is 62.6 Å². The molecule has 6 nitrogen and oxygen atoms in total. The molecule has 1 heterocycles. The van der Waals surface area contributed by atoms with Gasteiger partial charge in [-0.15, -0.1) is 24.0 Å². The Balaban J connectivity index is 0.00000338. The maximum Gasteiger partial charge on any atom is 0.239 e. The van der Waals surface area contributed by atoms with Crippen LogP contribution in [-0.2, 0) is 11.2 Å². The van der Waals surface area contributed by atoms with E-state index in [1.807, 2.05) is 18.2 Å². The normalized spacial score (nSPS) is 17.5. The van der Waals surface area contributed by atoms with Crippen molar-refractivity contribution in [1.82, 2.24) is 20.9 Å². The van der Waals surface area contributed by atoms with Gasteiger partial charge in [-0.25, -0.2) is 0 Å². The summed E-state index contributed by atoms with van der Waals surface area (Å²) in [6.07, 6.45) is 3.32. The lowest BCUT2D eigenvalue weighted by atomic mass is 10.1. The molecule has 1 aliphatic heterocycles. The first-order chi connectivity index (χ1) is 12.2. The molecule has 0 aromatic heterocycles. The van der Waals surface area contributed by atoms with Gasteiger partial charge in [-0.1, -0.05) is 37.3 Å².